The minimum absolute atomic E-state index is 0.0579. The third-order valence-corrected chi connectivity index (χ3v) is 5.03. The number of imide groups is 1. The first-order valence-electron chi connectivity index (χ1n) is 10.1. The van der Waals surface area contributed by atoms with Crippen molar-refractivity contribution in [2.45, 2.75) is 26.5 Å². The summed E-state index contributed by atoms with van der Waals surface area (Å²) < 4.78 is 11.1. The maximum Gasteiger partial charge on any atom is 0.278 e. The van der Waals surface area contributed by atoms with Gasteiger partial charge in [0, 0.05) is 19.3 Å². The van der Waals surface area contributed by atoms with Crippen LogP contribution in [0.2, 0.25) is 0 Å². The molecule has 0 spiro atoms. The summed E-state index contributed by atoms with van der Waals surface area (Å²) in [6.07, 6.45) is 1.72. The van der Waals surface area contributed by atoms with Crippen LogP contribution in [0.25, 0.3) is 5.57 Å². The Kier molecular flexibility index (Phi) is 5.81. The highest BCUT2D eigenvalue weighted by Gasteiger charge is 2.42. The molecule has 2 aliphatic heterocycles. The quantitative estimate of drug-likeness (QED) is 0.685. The molecular formula is C23H25N3O4. The van der Waals surface area contributed by atoms with Gasteiger partial charge in [0.2, 0.25) is 0 Å². The van der Waals surface area contributed by atoms with E-state index in [1.54, 1.807) is 12.3 Å². The molecular weight excluding hydrogens is 382 g/mol. The molecule has 2 amide bonds. The number of carbonyl (C=O) groups excluding carboxylic acids is 2. The summed E-state index contributed by atoms with van der Waals surface area (Å²) in [4.78, 5) is 34.2. The van der Waals surface area contributed by atoms with E-state index < -0.39 is 0 Å². The highest BCUT2D eigenvalue weighted by Crippen LogP contribution is 2.33. The lowest BCUT2D eigenvalue weighted by atomic mass is 10.0. The predicted molar refractivity (Wildman–Crippen MR) is 111 cm³/mol. The molecule has 1 fully saturated rings. The fourth-order valence-corrected chi connectivity index (χ4v) is 3.67. The molecule has 30 heavy (non-hydrogen) atoms. The molecule has 0 saturated carbocycles. The van der Waals surface area contributed by atoms with Crippen molar-refractivity contribution in [1.82, 2.24) is 14.8 Å². The van der Waals surface area contributed by atoms with Crippen molar-refractivity contribution in [3.8, 4) is 5.75 Å². The molecule has 7 nitrogen and oxygen atoms in total. The molecule has 2 aliphatic rings. The van der Waals surface area contributed by atoms with E-state index in [9.17, 15) is 9.59 Å². The van der Waals surface area contributed by atoms with Crippen LogP contribution in [0.4, 0.5) is 0 Å². The van der Waals surface area contributed by atoms with Crippen molar-refractivity contribution in [2.75, 3.05) is 26.3 Å². The molecule has 1 aromatic heterocycles. The molecule has 0 bridgehead atoms. The standard InChI is InChI=1S/C23H25N3O4/c1-16(2)30-19-8-6-17(7-9-19)20-21(25-11-13-29-14-12-25)23(28)26(22(20)27)15-18-5-3-4-10-24-18/h3-10,16H,11-15H2,1-2H3. The van der Waals surface area contributed by atoms with Gasteiger partial charge in [-0.3, -0.25) is 19.5 Å². The molecule has 2 aromatic rings. The van der Waals surface area contributed by atoms with Crippen molar-refractivity contribution in [2.24, 2.45) is 0 Å². The van der Waals surface area contributed by atoms with E-state index in [-0.39, 0.29) is 24.5 Å². The van der Waals surface area contributed by atoms with Crippen LogP contribution in [0.1, 0.15) is 25.1 Å². The van der Waals surface area contributed by atoms with Gasteiger partial charge >= 0.3 is 0 Å². The van der Waals surface area contributed by atoms with Crippen molar-refractivity contribution in [1.29, 1.82) is 0 Å². The number of morpholine rings is 1. The number of hydrogen-bond donors (Lipinski definition) is 0. The zero-order valence-electron chi connectivity index (χ0n) is 17.2. The molecule has 0 unspecified atom stereocenters. The maximum atomic E-state index is 13.4. The molecule has 3 heterocycles. The van der Waals surface area contributed by atoms with E-state index in [0.717, 1.165) is 5.75 Å². The third kappa shape index (κ3) is 4.07. The topological polar surface area (TPSA) is 72.0 Å². The number of nitrogens with zero attached hydrogens (tertiary/aromatic N) is 3. The number of benzene rings is 1. The summed E-state index contributed by atoms with van der Waals surface area (Å²) in [6.45, 7) is 6.26. The van der Waals surface area contributed by atoms with E-state index in [0.29, 0.717) is 48.8 Å². The minimum atomic E-state index is -0.301. The first-order chi connectivity index (χ1) is 14.5. The average Bonchev–Trinajstić information content (AvgIpc) is 3.00. The number of hydrogen-bond acceptors (Lipinski definition) is 6. The lowest BCUT2D eigenvalue weighted by Gasteiger charge is -2.29. The molecule has 0 radical (unpaired) electrons. The Labute approximate surface area is 175 Å². The Balaban J connectivity index is 1.69. The van der Waals surface area contributed by atoms with Gasteiger partial charge in [-0.15, -0.1) is 0 Å². The van der Waals surface area contributed by atoms with Crippen molar-refractivity contribution in [3.63, 3.8) is 0 Å². The van der Waals surface area contributed by atoms with Gasteiger partial charge in [0.1, 0.15) is 11.4 Å². The summed E-state index contributed by atoms with van der Waals surface area (Å²) >= 11 is 0. The first kappa shape index (κ1) is 20.1. The summed E-state index contributed by atoms with van der Waals surface area (Å²) in [6, 6.07) is 12.8. The maximum absolute atomic E-state index is 13.4. The van der Waals surface area contributed by atoms with Gasteiger partial charge in [0.15, 0.2) is 0 Å². The molecule has 1 aromatic carbocycles. The van der Waals surface area contributed by atoms with Gasteiger partial charge in [0.25, 0.3) is 11.8 Å². The largest absolute Gasteiger partial charge is 0.491 e. The lowest BCUT2D eigenvalue weighted by Crippen LogP contribution is -2.40. The lowest BCUT2D eigenvalue weighted by molar-refractivity contribution is -0.138. The van der Waals surface area contributed by atoms with Crippen LogP contribution in [-0.2, 0) is 20.9 Å². The Morgan fingerprint density at radius 1 is 1.03 bits per heavy atom. The monoisotopic (exact) mass is 407 g/mol. The van der Waals surface area contributed by atoms with Crippen LogP contribution in [-0.4, -0.2) is 59.0 Å². The summed E-state index contributed by atoms with van der Waals surface area (Å²) in [5.41, 5.74) is 2.24. The van der Waals surface area contributed by atoms with Crippen molar-refractivity contribution in [3.05, 3.63) is 65.6 Å². The summed E-state index contributed by atoms with van der Waals surface area (Å²) in [5, 5.41) is 0. The van der Waals surface area contributed by atoms with Crippen LogP contribution in [0.3, 0.4) is 0 Å². The van der Waals surface area contributed by atoms with Gasteiger partial charge in [-0.2, -0.15) is 0 Å². The fourth-order valence-electron chi connectivity index (χ4n) is 3.67. The number of carbonyl (C=O) groups is 2. The molecule has 0 N–H and O–H groups in total. The van der Waals surface area contributed by atoms with E-state index >= 15 is 0 Å². The SMILES string of the molecule is CC(C)Oc1ccc(C2=C(N3CCOCC3)C(=O)N(Cc3ccccn3)C2=O)cc1. The van der Waals surface area contributed by atoms with Gasteiger partial charge in [0.05, 0.1) is 37.1 Å². The van der Waals surface area contributed by atoms with Crippen LogP contribution in [0.15, 0.2) is 54.4 Å². The second-order valence-electron chi connectivity index (χ2n) is 7.53. The Morgan fingerprint density at radius 2 is 1.77 bits per heavy atom. The van der Waals surface area contributed by atoms with Crippen LogP contribution in [0, 0.1) is 0 Å². The number of pyridine rings is 1. The predicted octanol–water partition coefficient (Wildman–Crippen LogP) is 2.48. The summed E-state index contributed by atoms with van der Waals surface area (Å²) in [5.74, 6) is 0.138. The second-order valence-corrected chi connectivity index (χ2v) is 7.53. The third-order valence-electron chi connectivity index (χ3n) is 5.03. The number of ether oxygens (including phenoxy) is 2. The second kappa shape index (κ2) is 8.67. The average molecular weight is 407 g/mol. The van der Waals surface area contributed by atoms with Crippen molar-refractivity contribution < 1.29 is 19.1 Å². The van der Waals surface area contributed by atoms with Gasteiger partial charge in [-0.25, -0.2) is 0 Å². The zero-order valence-corrected chi connectivity index (χ0v) is 17.2. The smallest absolute Gasteiger partial charge is 0.278 e. The highest BCUT2D eigenvalue weighted by molar-refractivity contribution is 6.35. The first-order valence-corrected chi connectivity index (χ1v) is 10.1. The number of rotatable bonds is 6. The molecule has 4 rings (SSSR count). The molecule has 0 atom stereocenters. The summed E-state index contributed by atoms with van der Waals surface area (Å²) in [7, 11) is 0. The molecule has 7 heteroatoms. The fraction of sp³-hybridized carbons (Fsp3) is 0.348. The van der Waals surface area contributed by atoms with E-state index in [1.165, 1.54) is 4.90 Å². The van der Waals surface area contributed by atoms with E-state index in [2.05, 4.69) is 4.98 Å². The highest BCUT2D eigenvalue weighted by atomic mass is 16.5. The van der Waals surface area contributed by atoms with Crippen LogP contribution in [0.5, 0.6) is 5.75 Å². The number of amides is 2. The number of aromatic nitrogens is 1. The van der Waals surface area contributed by atoms with Crippen molar-refractivity contribution >= 4 is 17.4 Å². The van der Waals surface area contributed by atoms with E-state index in [4.69, 9.17) is 9.47 Å². The molecule has 0 aliphatic carbocycles. The zero-order chi connectivity index (χ0) is 21.1. The van der Waals surface area contributed by atoms with Gasteiger partial charge < -0.3 is 14.4 Å². The Morgan fingerprint density at radius 3 is 2.40 bits per heavy atom. The van der Waals surface area contributed by atoms with Crippen LogP contribution < -0.4 is 4.74 Å². The minimum Gasteiger partial charge on any atom is -0.491 e. The van der Waals surface area contributed by atoms with Crippen LogP contribution >= 0.6 is 0 Å². The van der Waals surface area contributed by atoms with Gasteiger partial charge in [-0.1, -0.05) is 18.2 Å². The Hall–Kier alpha value is -3.19. The van der Waals surface area contributed by atoms with Gasteiger partial charge in [-0.05, 0) is 43.7 Å². The molecule has 156 valence electrons. The van der Waals surface area contributed by atoms with E-state index in [1.807, 2.05) is 55.1 Å². The normalized spacial score (nSPS) is 17.3. The Bertz CT molecular complexity index is 948. The molecule has 1 saturated heterocycles.